The number of ether oxygens (including phenoxy) is 1. The van der Waals surface area contributed by atoms with Gasteiger partial charge in [-0.25, -0.2) is 13.1 Å². The first-order chi connectivity index (χ1) is 10.8. The normalized spacial score (nSPS) is 12.9. The molecular formula is C16H17Cl2NO3S. The second-order valence-corrected chi connectivity index (χ2v) is 7.59. The Morgan fingerprint density at radius 2 is 1.65 bits per heavy atom. The third-order valence-corrected chi connectivity index (χ3v) is 5.99. The summed E-state index contributed by atoms with van der Waals surface area (Å²) >= 11 is 12.1. The molecule has 23 heavy (non-hydrogen) atoms. The highest BCUT2D eigenvalue weighted by Crippen LogP contribution is 2.36. The van der Waals surface area contributed by atoms with Crippen LogP contribution < -0.4 is 9.46 Å². The van der Waals surface area contributed by atoms with Crippen LogP contribution in [-0.2, 0) is 10.0 Å². The Balaban J connectivity index is 2.32. The molecule has 2 rings (SSSR count). The summed E-state index contributed by atoms with van der Waals surface area (Å²) in [7, 11) is -2.38. The average molecular weight is 374 g/mol. The number of nitrogens with one attached hydrogen (secondary N) is 1. The minimum atomic E-state index is -3.82. The van der Waals surface area contributed by atoms with Crippen molar-refractivity contribution in [2.75, 3.05) is 7.11 Å². The summed E-state index contributed by atoms with van der Waals surface area (Å²) in [4.78, 5) is -0.0797. The van der Waals surface area contributed by atoms with Gasteiger partial charge < -0.3 is 4.74 Å². The van der Waals surface area contributed by atoms with E-state index in [9.17, 15) is 8.42 Å². The van der Waals surface area contributed by atoms with Gasteiger partial charge in [0.1, 0.15) is 15.7 Å². The molecular weight excluding hydrogens is 357 g/mol. The lowest BCUT2D eigenvalue weighted by molar-refractivity contribution is 0.414. The second kappa shape index (κ2) is 7.09. The Hall–Kier alpha value is -1.27. The van der Waals surface area contributed by atoms with Gasteiger partial charge >= 0.3 is 0 Å². The predicted octanol–water partition coefficient (Wildman–Crippen LogP) is 4.35. The van der Waals surface area contributed by atoms with Crippen LogP contribution in [0.1, 0.15) is 24.1 Å². The molecule has 0 saturated carbocycles. The molecule has 0 radical (unpaired) electrons. The van der Waals surface area contributed by atoms with E-state index in [1.807, 2.05) is 31.2 Å². The molecule has 0 fully saturated rings. The van der Waals surface area contributed by atoms with Crippen molar-refractivity contribution in [1.82, 2.24) is 4.72 Å². The molecule has 1 atom stereocenters. The number of sulfonamides is 1. The van der Waals surface area contributed by atoms with E-state index in [0.717, 1.165) is 11.1 Å². The highest BCUT2D eigenvalue weighted by molar-refractivity contribution is 7.89. The lowest BCUT2D eigenvalue weighted by Crippen LogP contribution is -2.27. The molecule has 0 heterocycles. The molecule has 0 spiro atoms. The maximum Gasteiger partial charge on any atom is 0.242 e. The van der Waals surface area contributed by atoms with E-state index >= 15 is 0 Å². The fourth-order valence-electron chi connectivity index (χ4n) is 2.10. The van der Waals surface area contributed by atoms with Crippen LogP contribution in [0, 0.1) is 6.92 Å². The van der Waals surface area contributed by atoms with E-state index in [4.69, 9.17) is 27.9 Å². The smallest absolute Gasteiger partial charge is 0.242 e. The molecule has 0 bridgehead atoms. The van der Waals surface area contributed by atoms with Crippen molar-refractivity contribution in [3.8, 4) is 5.75 Å². The minimum absolute atomic E-state index is 0.0605. The molecule has 2 aromatic carbocycles. The minimum Gasteiger partial charge on any atom is -0.495 e. The molecule has 4 nitrogen and oxygen atoms in total. The standard InChI is InChI=1S/C16H17Cl2NO3S/c1-10-4-6-12(7-5-10)11(2)19-23(20,21)14-9-8-13(22-3)15(17)16(14)18/h4-9,11,19H,1-3H3/t11-/m1/s1. The van der Waals surface area contributed by atoms with Gasteiger partial charge in [0.25, 0.3) is 0 Å². The number of aryl methyl sites for hydroxylation is 1. The van der Waals surface area contributed by atoms with Crippen molar-refractivity contribution in [2.24, 2.45) is 0 Å². The summed E-state index contributed by atoms with van der Waals surface area (Å²) < 4.78 is 32.7. The van der Waals surface area contributed by atoms with Crippen molar-refractivity contribution < 1.29 is 13.2 Å². The molecule has 0 aliphatic carbocycles. The lowest BCUT2D eigenvalue weighted by atomic mass is 10.1. The topological polar surface area (TPSA) is 55.4 Å². The lowest BCUT2D eigenvalue weighted by Gasteiger charge is -2.16. The molecule has 7 heteroatoms. The quantitative estimate of drug-likeness (QED) is 0.847. The van der Waals surface area contributed by atoms with Crippen LogP contribution in [0.5, 0.6) is 5.75 Å². The molecule has 0 amide bonds. The van der Waals surface area contributed by atoms with Gasteiger partial charge in [0.2, 0.25) is 10.0 Å². The number of hydrogen-bond acceptors (Lipinski definition) is 3. The van der Waals surface area contributed by atoms with Gasteiger partial charge in [0.15, 0.2) is 0 Å². The molecule has 0 saturated heterocycles. The fourth-order valence-corrected chi connectivity index (χ4v) is 4.17. The fraction of sp³-hybridized carbons (Fsp3) is 0.250. The highest BCUT2D eigenvalue weighted by Gasteiger charge is 2.24. The second-order valence-electron chi connectivity index (χ2n) is 5.15. The van der Waals surface area contributed by atoms with Crippen LogP contribution in [0.4, 0.5) is 0 Å². The van der Waals surface area contributed by atoms with E-state index in [2.05, 4.69) is 4.72 Å². The molecule has 0 aliphatic rings. The van der Waals surface area contributed by atoms with Crippen LogP contribution in [0.15, 0.2) is 41.3 Å². The Bertz CT molecular complexity index is 805. The summed E-state index contributed by atoms with van der Waals surface area (Å²) in [6.07, 6.45) is 0. The van der Waals surface area contributed by atoms with Gasteiger partial charge in [-0.2, -0.15) is 0 Å². The van der Waals surface area contributed by atoms with Gasteiger partial charge in [0, 0.05) is 6.04 Å². The zero-order valence-electron chi connectivity index (χ0n) is 12.9. The van der Waals surface area contributed by atoms with E-state index in [1.54, 1.807) is 6.92 Å². The number of methoxy groups -OCH3 is 1. The molecule has 1 N–H and O–H groups in total. The largest absolute Gasteiger partial charge is 0.495 e. The number of halogens is 2. The third-order valence-electron chi connectivity index (χ3n) is 3.43. The van der Waals surface area contributed by atoms with Crippen LogP contribution in [0.25, 0.3) is 0 Å². The van der Waals surface area contributed by atoms with Gasteiger partial charge in [-0.15, -0.1) is 0 Å². The molecule has 0 aliphatic heterocycles. The highest BCUT2D eigenvalue weighted by atomic mass is 35.5. The number of benzene rings is 2. The van der Waals surface area contributed by atoms with Crippen molar-refractivity contribution >= 4 is 33.2 Å². The van der Waals surface area contributed by atoms with Gasteiger partial charge in [-0.05, 0) is 31.5 Å². The van der Waals surface area contributed by atoms with Crippen molar-refractivity contribution in [3.05, 3.63) is 57.6 Å². The Kier molecular flexibility index (Phi) is 5.57. The Labute approximate surface area is 146 Å². The van der Waals surface area contributed by atoms with Gasteiger partial charge in [0.05, 0.1) is 12.1 Å². The average Bonchev–Trinajstić information content (AvgIpc) is 2.49. The van der Waals surface area contributed by atoms with E-state index in [1.165, 1.54) is 19.2 Å². The van der Waals surface area contributed by atoms with Gasteiger partial charge in [-0.3, -0.25) is 0 Å². The van der Waals surface area contributed by atoms with Crippen LogP contribution >= 0.6 is 23.2 Å². The number of hydrogen-bond donors (Lipinski definition) is 1. The van der Waals surface area contributed by atoms with Crippen LogP contribution in [0.3, 0.4) is 0 Å². The maximum absolute atomic E-state index is 12.6. The summed E-state index contributed by atoms with van der Waals surface area (Å²) in [5.41, 5.74) is 1.96. The van der Waals surface area contributed by atoms with E-state index in [-0.39, 0.29) is 14.9 Å². The SMILES string of the molecule is COc1ccc(S(=O)(=O)N[C@H](C)c2ccc(C)cc2)c(Cl)c1Cl. The zero-order valence-corrected chi connectivity index (χ0v) is 15.3. The Morgan fingerprint density at radius 3 is 2.22 bits per heavy atom. The first-order valence-corrected chi connectivity index (χ1v) is 9.11. The molecule has 124 valence electrons. The molecule has 0 unspecified atom stereocenters. The van der Waals surface area contributed by atoms with Crippen molar-refractivity contribution in [2.45, 2.75) is 24.8 Å². The summed E-state index contributed by atoms with van der Waals surface area (Å²) in [5, 5.41) is 0.00894. The third kappa shape index (κ3) is 3.98. The van der Waals surface area contributed by atoms with Crippen LogP contribution in [0.2, 0.25) is 10.0 Å². The van der Waals surface area contributed by atoms with E-state index < -0.39 is 16.1 Å². The van der Waals surface area contributed by atoms with E-state index in [0.29, 0.717) is 5.75 Å². The van der Waals surface area contributed by atoms with Crippen molar-refractivity contribution in [3.63, 3.8) is 0 Å². The summed E-state index contributed by atoms with van der Waals surface area (Å²) in [6, 6.07) is 10.1. The van der Waals surface area contributed by atoms with Crippen LogP contribution in [-0.4, -0.2) is 15.5 Å². The maximum atomic E-state index is 12.6. The summed E-state index contributed by atoms with van der Waals surface area (Å²) in [6.45, 7) is 3.74. The first-order valence-electron chi connectivity index (χ1n) is 6.87. The van der Waals surface area contributed by atoms with Crippen molar-refractivity contribution in [1.29, 1.82) is 0 Å². The zero-order chi connectivity index (χ0) is 17.2. The monoisotopic (exact) mass is 373 g/mol. The Morgan fingerprint density at radius 1 is 1.04 bits per heavy atom. The molecule has 0 aromatic heterocycles. The summed E-state index contributed by atoms with van der Waals surface area (Å²) in [5.74, 6) is 0.321. The van der Waals surface area contributed by atoms with Gasteiger partial charge in [-0.1, -0.05) is 53.0 Å². The predicted molar refractivity (Wildman–Crippen MR) is 92.9 cm³/mol. The molecule has 2 aromatic rings. The first kappa shape index (κ1) is 18.1. The number of rotatable bonds is 5.